The highest BCUT2D eigenvalue weighted by Gasteiger charge is 2.32. The summed E-state index contributed by atoms with van der Waals surface area (Å²) in [4.78, 5) is 45.0. The number of nitrogens with zero attached hydrogens (tertiary/aromatic N) is 3. The zero-order valence-corrected chi connectivity index (χ0v) is 22.4. The Morgan fingerprint density at radius 3 is 2.25 bits per heavy atom. The first kappa shape index (κ1) is 26.2. The molecule has 0 bridgehead atoms. The number of hydrogen-bond acceptors (Lipinski definition) is 5. The Balaban J connectivity index is 1.63. The van der Waals surface area contributed by atoms with Gasteiger partial charge in [-0.15, -0.1) is 0 Å². The molecule has 0 unspecified atom stereocenters. The molecule has 10 heteroatoms. The van der Waals surface area contributed by atoms with Crippen LogP contribution in [0, 0.1) is 0 Å². The van der Waals surface area contributed by atoms with Crippen molar-refractivity contribution in [1.82, 2.24) is 14.5 Å². The Bertz CT molecular complexity index is 1410. The predicted octanol–water partition coefficient (Wildman–Crippen LogP) is 5.74. The summed E-state index contributed by atoms with van der Waals surface area (Å²) in [6.45, 7) is 7.36. The van der Waals surface area contributed by atoms with Crippen molar-refractivity contribution < 1.29 is 14.3 Å². The van der Waals surface area contributed by atoms with E-state index < -0.39 is 11.6 Å². The molecule has 0 saturated heterocycles. The molecule has 0 N–H and O–H groups in total. The molecule has 0 spiro atoms. The van der Waals surface area contributed by atoms with Crippen molar-refractivity contribution >= 4 is 46.7 Å². The molecule has 0 saturated carbocycles. The highest BCUT2D eigenvalue weighted by atomic mass is 35.5. The van der Waals surface area contributed by atoms with Crippen LogP contribution in [0.2, 0.25) is 15.3 Å². The van der Waals surface area contributed by atoms with E-state index in [2.05, 4.69) is 4.98 Å². The van der Waals surface area contributed by atoms with Crippen LogP contribution in [0.15, 0.2) is 47.3 Å². The summed E-state index contributed by atoms with van der Waals surface area (Å²) in [5.41, 5.74) is 1.21. The largest absolute Gasteiger partial charge is 0.456 e. The first-order valence-corrected chi connectivity index (χ1v) is 12.4. The maximum atomic E-state index is 13.4. The summed E-state index contributed by atoms with van der Waals surface area (Å²) in [5.74, 6) is -0.705. The number of aromatic nitrogens is 2. The van der Waals surface area contributed by atoms with Crippen LogP contribution in [-0.4, -0.2) is 38.0 Å². The number of esters is 1. The molecule has 1 aliphatic heterocycles. The highest BCUT2D eigenvalue weighted by Crippen LogP contribution is 2.27. The zero-order valence-electron chi connectivity index (χ0n) is 20.1. The Hall–Kier alpha value is -2.87. The lowest BCUT2D eigenvalue weighted by molar-refractivity contribution is 0.00694. The molecule has 36 heavy (non-hydrogen) atoms. The lowest BCUT2D eigenvalue weighted by Gasteiger charge is -2.34. The van der Waals surface area contributed by atoms with Crippen LogP contribution in [0.5, 0.6) is 0 Å². The third-order valence-corrected chi connectivity index (χ3v) is 6.75. The van der Waals surface area contributed by atoms with Gasteiger partial charge in [-0.25, -0.2) is 9.78 Å². The van der Waals surface area contributed by atoms with Gasteiger partial charge in [-0.2, -0.15) is 0 Å². The number of ether oxygens (including phenoxy) is 1. The van der Waals surface area contributed by atoms with Gasteiger partial charge in [0.1, 0.15) is 5.60 Å². The molecule has 0 fully saturated rings. The van der Waals surface area contributed by atoms with Crippen molar-refractivity contribution in [3.63, 3.8) is 0 Å². The summed E-state index contributed by atoms with van der Waals surface area (Å²) in [6, 6.07) is 10.8. The summed E-state index contributed by atoms with van der Waals surface area (Å²) in [5, 5.41) is 0.605. The number of fused-ring (bicyclic) bond motifs is 1. The summed E-state index contributed by atoms with van der Waals surface area (Å²) < 4.78 is 6.68. The Morgan fingerprint density at radius 2 is 1.64 bits per heavy atom. The van der Waals surface area contributed by atoms with E-state index in [0.717, 1.165) is 0 Å². The van der Waals surface area contributed by atoms with Gasteiger partial charge in [-0.05, 0) is 88.2 Å². The number of hydrogen-bond donors (Lipinski definition) is 0. The third kappa shape index (κ3) is 5.28. The number of benzene rings is 2. The molecule has 7 nitrogen and oxygen atoms in total. The maximum absolute atomic E-state index is 13.4. The van der Waals surface area contributed by atoms with Crippen molar-refractivity contribution in [2.75, 3.05) is 0 Å². The van der Waals surface area contributed by atoms with Crippen LogP contribution in [0.3, 0.4) is 0 Å². The minimum absolute atomic E-state index is 0.0414. The van der Waals surface area contributed by atoms with Crippen molar-refractivity contribution in [2.45, 2.75) is 52.3 Å². The van der Waals surface area contributed by atoms with Gasteiger partial charge >= 0.3 is 5.97 Å². The van der Waals surface area contributed by atoms with Gasteiger partial charge in [0.25, 0.3) is 11.5 Å². The first-order valence-electron chi connectivity index (χ1n) is 11.3. The van der Waals surface area contributed by atoms with E-state index >= 15 is 0 Å². The Labute approximate surface area is 223 Å². The molecule has 3 aromatic rings. The van der Waals surface area contributed by atoms with Gasteiger partial charge in [0.2, 0.25) is 5.28 Å². The lowest BCUT2D eigenvalue weighted by Crippen LogP contribution is -2.45. The lowest BCUT2D eigenvalue weighted by atomic mass is 9.98. The first-order chi connectivity index (χ1) is 16.9. The quantitative estimate of drug-likeness (QED) is 0.308. The molecule has 1 atom stereocenters. The van der Waals surface area contributed by atoms with Crippen LogP contribution in [0.4, 0.5) is 0 Å². The monoisotopic (exact) mass is 547 g/mol. The summed E-state index contributed by atoms with van der Waals surface area (Å²) in [7, 11) is 0. The second-order valence-corrected chi connectivity index (χ2v) is 10.8. The minimum atomic E-state index is -0.621. The van der Waals surface area contributed by atoms with Gasteiger partial charge in [-0.3, -0.25) is 14.2 Å². The van der Waals surface area contributed by atoms with E-state index in [1.807, 2.05) is 6.92 Å². The second-order valence-electron chi connectivity index (χ2n) is 9.61. The van der Waals surface area contributed by atoms with Gasteiger partial charge in [-0.1, -0.05) is 23.2 Å². The number of rotatable bonds is 3. The van der Waals surface area contributed by atoms with Gasteiger partial charge in [0, 0.05) is 17.2 Å². The highest BCUT2D eigenvalue weighted by molar-refractivity contribution is 6.42. The zero-order chi connectivity index (χ0) is 26.4. The van der Waals surface area contributed by atoms with Gasteiger partial charge < -0.3 is 9.64 Å². The average Bonchev–Trinajstić information content (AvgIpc) is 2.80. The molecule has 0 radical (unpaired) electrons. The van der Waals surface area contributed by atoms with E-state index in [1.54, 1.807) is 62.1 Å². The average molecular weight is 549 g/mol. The van der Waals surface area contributed by atoms with E-state index in [4.69, 9.17) is 39.5 Å². The number of carbonyl (C=O) groups is 2. The molecule has 1 aromatic heterocycles. The van der Waals surface area contributed by atoms with Gasteiger partial charge in [0.05, 0.1) is 33.5 Å². The Kier molecular flexibility index (Phi) is 7.19. The maximum Gasteiger partial charge on any atom is 0.338 e. The fourth-order valence-corrected chi connectivity index (χ4v) is 4.58. The van der Waals surface area contributed by atoms with E-state index in [1.165, 1.54) is 10.6 Å². The molecule has 0 aliphatic carbocycles. The number of halogens is 3. The van der Waals surface area contributed by atoms with Crippen molar-refractivity contribution in [2.24, 2.45) is 0 Å². The van der Waals surface area contributed by atoms with Crippen LogP contribution in [0.25, 0.3) is 5.69 Å². The summed E-state index contributed by atoms with van der Waals surface area (Å²) in [6.07, 6.45) is 0.307. The Morgan fingerprint density at radius 1 is 1.00 bits per heavy atom. The molecule has 1 aliphatic rings. The molecule has 188 valence electrons. The normalized spacial score (nSPS) is 15.4. The third-order valence-electron chi connectivity index (χ3n) is 5.76. The molecule has 2 heterocycles. The smallest absolute Gasteiger partial charge is 0.338 e. The standard InChI is InChI=1S/C26H24Cl3N3O4/c1-14-11-18-21(13-31(14)22(33)16-7-10-19(27)20(28)12-16)30-25(29)32(23(18)34)17-8-5-15(6-9-17)24(35)36-26(2,3)4/h5-10,12,14H,11,13H2,1-4H3/t14-/m1/s1. The van der Waals surface area contributed by atoms with Crippen LogP contribution in [-0.2, 0) is 17.7 Å². The minimum Gasteiger partial charge on any atom is -0.456 e. The van der Waals surface area contributed by atoms with E-state index in [0.29, 0.717) is 39.5 Å². The van der Waals surface area contributed by atoms with Crippen molar-refractivity contribution in [3.05, 3.63) is 90.5 Å². The molecular formula is C26H24Cl3N3O4. The molecule has 2 aromatic carbocycles. The number of amides is 1. The van der Waals surface area contributed by atoms with Gasteiger partial charge in [0.15, 0.2) is 0 Å². The van der Waals surface area contributed by atoms with Crippen LogP contribution in [0.1, 0.15) is 59.7 Å². The topological polar surface area (TPSA) is 81.5 Å². The van der Waals surface area contributed by atoms with E-state index in [9.17, 15) is 14.4 Å². The fourth-order valence-electron chi connectivity index (χ4n) is 4.00. The van der Waals surface area contributed by atoms with Crippen molar-refractivity contribution in [3.8, 4) is 5.69 Å². The molecule has 4 rings (SSSR count). The molecule has 1 amide bonds. The van der Waals surface area contributed by atoms with Crippen LogP contribution >= 0.6 is 34.8 Å². The number of carbonyl (C=O) groups excluding carboxylic acids is 2. The summed E-state index contributed by atoms with van der Waals surface area (Å²) >= 11 is 18.5. The van der Waals surface area contributed by atoms with Crippen molar-refractivity contribution in [1.29, 1.82) is 0 Å². The molecular weight excluding hydrogens is 525 g/mol. The SMILES string of the molecule is C[C@@H]1Cc2c(nc(Cl)n(-c3ccc(C(=O)OC(C)(C)C)cc3)c2=O)CN1C(=O)c1ccc(Cl)c(Cl)c1. The second kappa shape index (κ2) is 9.88. The predicted molar refractivity (Wildman–Crippen MR) is 140 cm³/mol. The van der Waals surface area contributed by atoms with E-state index in [-0.39, 0.29) is 34.4 Å². The fraction of sp³-hybridized carbons (Fsp3) is 0.308. The van der Waals surface area contributed by atoms with Crippen LogP contribution < -0.4 is 5.56 Å².